The van der Waals surface area contributed by atoms with E-state index in [2.05, 4.69) is 5.32 Å². The fourth-order valence-corrected chi connectivity index (χ4v) is 1.94. The van der Waals surface area contributed by atoms with Crippen molar-refractivity contribution in [3.05, 3.63) is 39.9 Å². The smallest absolute Gasteiger partial charge is 0.326 e. The molecule has 1 aromatic carbocycles. The van der Waals surface area contributed by atoms with E-state index in [9.17, 15) is 19.7 Å². The molecule has 0 aliphatic heterocycles. The lowest BCUT2D eigenvalue weighted by Gasteiger charge is -2.13. The van der Waals surface area contributed by atoms with Gasteiger partial charge < -0.3 is 10.4 Å². The van der Waals surface area contributed by atoms with E-state index in [1.165, 1.54) is 36.0 Å². The van der Waals surface area contributed by atoms with Gasteiger partial charge in [-0.2, -0.15) is 11.8 Å². The summed E-state index contributed by atoms with van der Waals surface area (Å²) in [6.45, 7) is 0. The van der Waals surface area contributed by atoms with Crippen molar-refractivity contribution in [3.8, 4) is 0 Å². The van der Waals surface area contributed by atoms with Crippen molar-refractivity contribution in [1.82, 2.24) is 5.32 Å². The third kappa shape index (κ3) is 4.54. The molecular weight excluding hydrogens is 284 g/mol. The van der Waals surface area contributed by atoms with E-state index in [1.54, 1.807) is 0 Å². The van der Waals surface area contributed by atoms with Crippen LogP contribution in [0.2, 0.25) is 0 Å². The van der Waals surface area contributed by atoms with Crippen LogP contribution in [0.4, 0.5) is 5.69 Å². The number of hydrogen-bond donors (Lipinski definition) is 2. The molecular formula is C12H14N2O5S. The first-order valence-corrected chi connectivity index (χ1v) is 7.12. The van der Waals surface area contributed by atoms with Gasteiger partial charge in [-0.05, 0) is 30.6 Å². The Morgan fingerprint density at radius 2 is 2.00 bits per heavy atom. The van der Waals surface area contributed by atoms with Crippen molar-refractivity contribution in [3.63, 3.8) is 0 Å². The van der Waals surface area contributed by atoms with Crippen LogP contribution in [0.25, 0.3) is 0 Å². The Morgan fingerprint density at radius 1 is 1.40 bits per heavy atom. The number of non-ortho nitro benzene ring substituents is 1. The number of aliphatic carboxylic acids is 1. The monoisotopic (exact) mass is 298 g/mol. The Morgan fingerprint density at radius 3 is 2.45 bits per heavy atom. The number of rotatable bonds is 7. The van der Waals surface area contributed by atoms with Gasteiger partial charge in [0.25, 0.3) is 11.6 Å². The average molecular weight is 298 g/mol. The second kappa shape index (κ2) is 7.49. The van der Waals surface area contributed by atoms with Crippen molar-refractivity contribution < 1.29 is 19.6 Å². The number of thioether (sulfide) groups is 1. The molecule has 1 atom stereocenters. The molecule has 0 aromatic heterocycles. The molecule has 0 spiro atoms. The zero-order valence-electron chi connectivity index (χ0n) is 10.7. The predicted octanol–water partition coefficient (Wildman–Crippen LogP) is 1.53. The van der Waals surface area contributed by atoms with Gasteiger partial charge in [0.2, 0.25) is 0 Å². The zero-order valence-corrected chi connectivity index (χ0v) is 11.6. The first kappa shape index (κ1) is 16.0. The van der Waals surface area contributed by atoms with E-state index in [4.69, 9.17) is 5.11 Å². The maximum Gasteiger partial charge on any atom is 0.326 e. The maximum atomic E-state index is 11.9. The van der Waals surface area contributed by atoms with Crippen LogP contribution < -0.4 is 5.32 Å². The highest BCUT2D eigenvalue weighted by Gasteiger charge is 2.20. The Labute approximate surface area is 119 Å². The summed E-state index contributed by atoms with van der Waals surface area (Å²) in [6.07, 6.45) is 2.16. The molecule has 1 aromatic rings. The molecule has 0 saturated heterocycles. The van der Waals surface area contributed by atoms with Crippen LogP contribution in [0.15, 0.2) is 24.3 Å². The largest absolute Gasteiger partial charge is 0.480 e. The predicted molar refractivity (Wildman–Crippen MR) is 75.0 cm³/mol. The molecule has 0 fully saturated rings. The van der Waals surface area contributed by atoms with Crippen LogP contribution in [0, 0.1) is 10.1 Å². The van der Waals surface area contributed by atoms with Crippen LogP contribution in [0.5, 0.6) is 0 Å². The van der Waals surface area contributed by atoms with E-state index in [-0.39, 0.29) is 11.3 Å². The number of amides is 1. The van der Waals surface area contributed by atoms with Gasteiger partial charge in [-0.1, -0.05) is 0 Å². The van der Waals surface area contributed by atoms with E-state index in [0.29, 0.717) is 12.2 Å². The molecule has 0 heterocycles. The SMILES string of the molecule is CSCCC(NC(=O)c1ccc([N+](=O)[O-])cc1)C(=O)O. The average Bonchev–Trinajstić information content (AvgIpc) is 2.42. The van der Waals surface area contributed by atoms with Crippen molar-refractivity contribution in [1.29, 1.82) is 0 Å². The minimum atomic E-state index is -1.10. The number of nitrogens with zero attached hydrogens (tertiary/aromatic N) is 1. The molecule has 2 N–H and O–H groups in total. The normalized spacial score (nSPS) is 11.7. The second-order valence-electron chi connectivity index (χ2n) is 3.95. The zero-order chi connectivity index (χ0) is 15.1. The first-order chi connectivity index (χ1) is 9.45. The van der Waals surface area contributed by atoms with Crippen LogP contribution in [-0.4, -0.2) is 40.0 Å². The standard InChI is InChI=1S/C12H14N2O5S/c1-20-7-6-10(12(16)17)13-11(15)8-2-4-9(5-3-8)14(18)19/h2-5,10H,6-7H2,1H3,(H,13,15)(H,16,17). The van der Waals surface area contributed by atoms with Gasteiger partial charge in [-0.15, -0.1) is 0 Å². The quantitative estimate of drug-likeness (QED) is 0.583. The Bertz CT molecular complexity index is 503. The third-order valence-corrected chi connectivity index (χ3v) is 3.20. The fourth-order valence-electron chi connectivity index (χ4n) is 1.47. The number of carbonyl (C=O) groups excluding carboxylic acids is 1. The number of hydrogen-bond acceptors (Lipinski definition) is 5. The fraction of sp³-hybridized carbons (Fsp3) is 0.333. The molecule has 0 aliphatic carbocycles. The van der Waals surface area contributed by atoms with Gasteiger partial charge >= 0.3 is 5.97 Å². The molecule has 0 radical (unpaired) electrons. The molecule has 0 aliphatic rings. The van der Waals surface area contributed by atoms with Gasteiger partial charge in [-0.3, -0.25) is 14.9 Å². The number of carboxylic acids is 1. The third-order valence-electron chi connectivity index (χ3n) is 2.55. The lowest BCUT2D eigenvalue weighted by Crippen LogP contribution is -2.41. The van der Waals surface area contributed by atoms with Crippen LogP contribution in [0.3, 0.4) is 0 Å². The van der Waals surface area contributed by atoms with E-state index >= 15 is 0 Å². The Kier molecular flexibility index (Phi) is 5.98. The summed E-state index contributed by atoms with van der Waals surface area (Å²) in [5, 5.41) is 21.9. The molecule has 8 heteroatoms. The Hall–Kier alpha value is -2.09. The maximum absolute atomic E-state index is 11.9. The van der Waals surface area contributed by atoms with Crippen LogP contribution >= 0.6 is 11.8 Å². The highest BCUT2D eigenvalue weighted by atomic mass is 32.2. The minimum Gasteiger partial charge on any atom is -0.480 e. The van der Waals surface area contributed by atoms with Crippen molar-refractivity contribution in [2.45, 2.75) is 12.5 Å². The molecule has 0 bridgehead atoms. The van der Waals surface area contributed by atoms with Crippen molar-refractivity contribution in [2.24, 2.45) is 0 Å². The second-order valence-corrected chi connectivity index (χ2v) is 4.94. The van der Waals surface area contributed by atoms with Crippen LogP contribution in [0.1, 0.15) is 16.8 Å². The first-order valence-electron chi connectivity index (χ1n) is 5.72. The van der Waals surface area contributed by atoms with Gasteiger partial charge in [0.1, 0.15) is 6.04 Å². The molecule has 0 saturated carbocycles. The molecule has 108 valence electrons. The highest BCUT2D eigenvalue weighted by molar-refractivity contribution is 7.98. The molecule has 1 unspecified atom stereocenters. The molecule has 7 nitrogen and oxygen atoms in total. The van der Waals surface area contributed by atoms with Gasteiger partial charge in [0, 0.05) is 17.7 Å². The van der Waals surface area contributed by atoms with E-state index in [0.717, 1.165) is 0 Å². The highest BCUT2D eigenvalue weighted by Crippen LogP contribution is 2.12. The van der Waals surface area contributed by atoms with Gasteiger partial charge in [0.05, 0.1) is 4.92 Å². The summed E-state index contributed by atoms with van der Waals surface area (Å²) in [4.78, 5) is 32.8. The van der Waals surface area contributed by atoms with Crippen molar-refractivity contribution >= 4 is 29.3 Å². The Balaban J connectivity index is 2.73. The molecule has 20 heavy (non-hydrogen) atoms. The number of nitro groups is 1. The molecule has 1 rings (SSSR count). The number of nitro benzene ring substituents is 1. The number of carbonyl (C=O) groups is 2. The topological polar surface area (TPSA) is 110 Å². The lowest BCUT2D eigenvalue weighted by atomic mass is 10.1. The van der Waals surface area contributed by atoms with Gasteiger partial charge in [-0.25, -0.2) is 4.79 Å². The number of nitrogens with one attached hydrogen (secondary N) is 1. The lowest BCUT2D eigenvalue weighted by molar-refractivity contribution is -0.384. The molecule has 1 amide bonds. The summed E-state index contributed by atoms with van der Waals surface area (Å²) in [7, 11) is 0. The number of carboxylic acid groups (broad SMARTS) is 1. The van der Waals surface area contributed by atoms with Gasteiger partial charge in [0.15, 0.2) is 0 Å². The van der Waals surface area contributed by atoms with E-state index < -0.39 is 22.8 Å². The summed E-state index contributed by atoms with van der Waals surface area (Å²) in [5.41, 5.74) is 0.0599. The number of benzene rings is 1. The summed E-state index contributed by atoms with van der Waals surface area (Å²) in [5.74, 6) is -1.06. The summed E-state index contributed by atoms with van der Waals surface area (Å²) in [6, 6.07) is 4.02. The summed E-state index contributed by atoms with van der Waals surface area (Å²) < 4.78 is 0. The minimum absolute atomic E-state index is 0.126. The van der Waals surface area contributed by atoms with Crippen molar-refractivity contribution in [2.75, 3.05) is 12.0 Å². The van der Waals surface area contributed by atoms with E-state index in [1.807, 2.05) is 6.26 Å². The summed E-state index contributed by atoms with van der Waals surface area (Å²) >= 11 is 1.49. The van der Waals surface area contributed by atoms with Crippen LogP contribution in [-0.2, 0) is 4.79 Å².